The summed E-state index contributed by atoms with van der Waals surface area (Å²) in [6, 6.07) is 2.93. The van der Waals surface area contributed by atoms with Crippen LogP contribution in [0.15, 0.2) is 16.5 Å². The lowest BCUT2D eigenvalue weighted by atomic mass is 10.3. The molecule has 0 saturated heterocycles. The number of halogens is 1. The number of phenols is 1. The average Bonchev–Trinajstić information content (AvgIpc) is 2.30. The molecule has 0 fully saturated rings. The van der Waals surface area contributed by atoms with Gasteiger partial charge in [0.05, 0.1) is 5.02 Å². The predicted molar refractivity (Wildman–Crippen MR) is 45.1 cm³/mol. The number of fused-ring (bicyclic) bond motifs is 1. The van der Waals surface area contributed by atoms with Crippen molar-refractivity contribution in [1.29, 1.82) is 0 Å². The van der Waals surface area contributed by atoms with E-state index in [-0.39, 0.29) is 16.8 Å². The van der Waals surface area contributed by atoms with E-state index >= 15 is 0 Å². The molecule has 12 heavy (non-hydrogen) atoms. The Morgan fingerprint density at radius 1 is 1.50 bits per heavy atom. The summed E-state index contributed by atoms with van der Waals surface area (Å²) in [5.41, 5.74) is 6.25. The second-order valence-electron chi connectivity index (χ2n) is 2.32. The lowest BCUT2D eigenvalue weighted by Crippen LogP contribution is -1.80. The molecule has 0 saturated carbocycles. The fourth-order valence-electron chi connectivity index (χ4n) is 0.955. The number of phenolic OH excluding ortho intramolecular Hbond substituents is 1. The number of hydrogen-bond donors (Lipinski definition) is 2. The van der Waals surface area contributed by atoms with Crippen LogP contribution in [-0.2, 0) is 0 Å². The van der Waals surface area contributed by atoms with Gasteiger partial charge >= 0.3 is 0 Å². The minimum absolute atomic E-state index is 0.0414. The normalized spacial score (nSPS) is 10.8. The lowest BCUT2D eigenvalue weighted by Gasteiger charge is -1.92. The Kier molecular flexibility index (Phi) is 1.38. The molecule has 0 atom stereocenters. The van der Waals surface area contributed by atoms with Gasteiger partial charge < -0.3 is 15.3 Å². The Morgan fingerprint density at radius 3 is 3.00 bits per heavy atom. The fraction of sp³-hybridized carbons (Fsp3) is 0. The number of anilines is 1. The van der Waals surface area contributed by atoms with Crippen molar-refractivity contribution in [3.8, 4) is 5.75 Å². The number of hydrogen-bond acceptors (Lipinski definition) is 4. The summed E-state index contributed by atoms with van der Waals surface area (Å²) >= 11 is 5.62. The summed E-state index contributed by atoms with van der Waals surface area (Å²) < 4.78 is 4.95. The van der Waals surface area contributed by atoms with Crippen LogP contribution in [0.1, 0.15) is 0 Å². The molecule has 5 heteroatoms. The number of rotatable bonds is 0. The molecular formula is C7H5ClN2O2. The molecule has 1 heterocycles. The van der Waals surface area contributed by atoms with Crippen molar-refractivity contribution in [2.24, 2.45) is 0 Å². The van der Waals surface area contributed by atoms with Crippen LogP contribution in [0.3, 0.4) is 0 Å². The van der Waals surface area contributed by atoms with E-state index in [4.69, 9.17) is 26.9 Å². The Labute approximate surface area is 72.6 Å². The summed E-state index contributed by atoms with van der Waals surface area (Å²) in [6.45, 7) is 0. The van der Waals surface area contributed by atoms with E-state index in [1.165, 1.54) is 12.1 Å². The van der Waals surface area contributed by atoms with E-state index in [1.54, 1.807) is 0 Å². The maximum Gasteiger partial charge on any atom is 0.292 e. The topological polar surface area (TPSA) is 72.3 Å². The molecule has 1 aromatic carbocycles. The molecule has 62 valence electrons. The van der Waals surface area contributed by atoms with Gasteiger partial charge in [-0.3, -0.25) is 0 Å². The van der Waals surface area contributed by atoms with Crippen LogP contribution in [0.25, 0.3) is 11.1 Å². The van der Waals surface area contributed by atoms with Gasteiger partial charge in [0.2, 0.25) is 0 Å². The number of nitrogens with zero attached hydrogens (tertiary/aromatic N) is 1. The first-order valence-corrected chi connectivity index (χ1v) is 3.59. The molecule has 0 radical (unpaired) electrons. The number of benzene rings is 1. The van der Waals surface area contributed by atoms with Gasteiger partial charge in [-0.2, -0.15) is 4.98 Å². The molecule has 3 N–H and O–H groups in total. The van der Waals surface area contributed by atoms with Crippen LogP contribution in [0.2, 0.25) is 5.02 Å². The van der Waals surface area contributed by atoms with Crippen molar-refractivity contribution < 1.29 is 9.52 Å². The molecule has 4 nitrogen and oxygen atoms in total. The van der Waals surface area contributed by atoms with Crippen LogP contribution in [0.5, 0.6) is 5.75 Å². The van der Waals surface area contributed by atoms with Crippen molar-refractivity contribution in [1.82, 2.24) is 4.98 Å². The predicted octanol–water partition coefficient (Wildman–Crippen LogP) is 1.77. The highest BCUT2D eigenvalue weighted by molar-refractivity contribution is 6.32. The first-order valence-electron chi connectivity index (χ1n) is 3.21. The molecule has 0 bridgehead atoms. The third kappa shape index (κ3) is 0.967. The number of nitrogen functional groups attached to an aromatic ring is 1. The highest BCUT2D eigenvalue weighted by Crippen LogP contribution is 2.29. The highest BCUT2D eigenvalue weighted by Gasteiger charge is 2.06. The lowest BCUT2D eigenvalue weighted by molar-refractivity contribution is 0.475. The Hall–Kier alpha value is -1.42. The van der Waals surface area contributed by atoms with Gasteiger partial charge in [0, 0.05) is 6.07 Å². The van der Waals surface area contributed by atoms with Crippen LogP contribution in [0, 0.1) is 0 Å². The molecule has 0 aliphatic heterocycles. The van der Waals surface area contributed by atoms with E-state index in [0.717, 1.165) is 0 Å². The SMILES string of the molecule is Nc1nc2cc(Cl)c(O)cc2o1. The minimum atomic E-state index is -0.0414. The second-order valence-corrected chi connectivity index (χ2v) is 2.73. The summed E-state index contributed by atoms with van der Waals surface area (Å²) in [6.07, 6.45) is 0. The quantitative estimate of drug-likeness (QED) is 0.655. The molecule has 2 rings (SSSR count). The Bertz CT molecular complexity index is 399. The Balaban J connectivity index is 2.83. The summed E-state index contributed by atoms with van der Waals surface area (Å²) in [4.78, 5) is 3.83. The largest absolute Gasteiger partial charge is 0.506 e. The number of oxazole rings is 1. The first-order chi connectivity index (χ1) is 5.66. The molecule has 1 aromatic heterocycles. The maximum atomic E-state index is 9.17. The standard InChI is InChI=1S/C7H5ClN2O2/c8-3-1-4-6(2-5(3)11)12-7(9)10-4/h1-2,11H,(H2,9,10). The van der Waals surface area contributed by atoms with Gasteiger partial charge in [-0.15, -0.1) is 0 Å². The van der Waals surface area contributed by atoms with E-state index in [2.05, 4.69) is 4.98 Å². The third-order valence-corrected chi connectivity index (χ3v) is 1.78. The molecule has 0 aliphatic rings. The van der Waals surface area contributed by atoms with Gasteiger partial charge in [-0.1, -0.05) is 11.6 Å². The van der Waals surface area contributed by atoms with E-state index in [1.807, 2.05) is 0 Å². The fourth-order valence-corrected chi connectivity index (χ4v) is 1.11. The number of nitrogens with two attached hydrogens (primary N) is 1. The Morgan fingerprint density at radius 2 is 2.25 bits per heavy atom. The van der Waals surface area contributed by atoms with Crippen LogP contribution < -0.4 is 5.73 Å². The first kappa shape index (κ1) is 7.24. The second kappa shape index (κ2) is 2.28. The van der Waals surface area contributed by atoms with Crippen LogP contribution in [0.4, 0.5) is 6.01 Å². The van der Waals surface area contributed by atoms with Crippen molar-refractivity contribution in [3.63, 3.8) is 0 Å². The number of aromatic nitrogens is 1. The smallest absolute Gasteiger partial charge is 0.292 e. The van der Waals surface area contributed by atoms with Crippen LogP contribution >= 0.6 is 11.6 Å². The number of aromatic hydroxyl groups is 1. The zero-order valence-corrected chi connectivity index (χ0v) is 6.67. The molecule has 0 spiro atoms. The molecule has 0 aliphatic carbocycles. The van der Waals surface area contributed by atoms with Crippen molar-refractivity contribution >= 4 is 28.7 Å². The van der Waals surface area contributed by atoms with Gasteiger partial charge in [0.25, 0.3) is 6.01 Å². The zero-order chi connectivity index (χ0) is 8.72. The van der Waals surface area contributed by atoms with E-state index in [0.29, 0.717) is 11.1 Å². The van der Waals surface area contributed by atoms with Crippen molar-refractivity contribution in [2.75, 3.05) is 5.73 Å². The van der Waals surface area contributed by atoms with Gasteiger partial charge in [0.1, 0.15) is 11.3 Å². The molecular weight excluding hydrogens is 180 g/mol. The maximum absolute atomic E-state index is 9.17. The van der Waals surface area contributed by atoms with E-state index < -0.39 is 0 Å². The molecule has 0 unspecified atom stereocenters. The van der Waals surface area contributed by atoms with Gasteiger partial charge in [-0.05, 0) is 6.07 Å². The summed E-state index contributed by atoms with van der Waals surface area (Å²) in [7, 11) is 0. The monoisotopic (exact) mass is 184 g/mol. The molecule has 0 amide bonds. The van der Waals surface area contributed by atoms with Crippen LogP contribution in [-0.4, -0.2) is 10.1 Å². The summed E-state index contributed by atoms with van der Waals surface area (Å²) in [5, 5.41) is 9.40. The van der Waals surface area contributed by atoms with Crippen molar-refractivity contribution in [3.05, 3.63) is 17.2 Å². The van der Waals surface area contributed by atoms with Crippen molar-refractivity contribution in [2.45, 2.75) is 0 Å². The molecule has 2 aromatic rings. The summed E-state index contributed by atoms with van der Waals surface area (Å²) in [5.74, 6) is -0.0414. The van der Waals surface area contributed by atoms with E-state index in [9.17, 15) is 0 Å². The van der Waals surface area contributed by atoms with Gasteiger partial charge in [-0.25, -0.2) is 0 Å². The van der Waals surface area contributed by atoms with Gasteiger partial charge in [0.15, 0.2) is 5.58 Å². The zero-order valence-electron chi connectivity index (χ0n) is 5.91. The minimum Gasteiger partial charge on any atom is -0.506 e. The third-order valence-electron chi connectivity index (χ3n) is 1.47. The average molecular weight is 185 g/mol. The highest BCUT2D eigenvalue weighted by atomic mass is 35.5.